The second-order valence-electron chi connectivity index (χ2n) is 4.23. The molecule has 7 heteroatoms. The van der Waals surface area contributed by atoms with Crippen LogP contribution in [0.2, 0.25) is 5.02 Å². The summed E-state index contributed by atoms with van der Waals surface area (Å²) in [5.41, 5.74) is -3.42. The Balaban J connectivity index is 2.75. The molecule has 0 nitrogen and oxygen atoms in total. The Hall–Kier alpha value is -1.69. The molecule has 0 radical (unpaired) electrons. The fraction of sp³-hybridized carbons (Fsp3) is 0.143. The van der Waals surface area contributed by atoms with E-state index < -0.39 is 34.6 Å². The SMILES string of the molecule is FC(F)(F)c1ccccc1-c1ccc(Cl)cc1C(F)(F)F. The summed E-state index contributed by atoms with van der Waals surface area (Å²) in [7, 11) is 0. The summed E-state index contributed by atoms with van der Waals surface area (Å²) in [6, 6.07) is 6.79. The fourth-order valence-electron chi connectivity index (χ4n) is 1.95. The second-order valence-corrected chi connectivity index (χ2v) is 4.67. The predicted molar refractivity (Wildman–Crippen MR) is 66.9 cm³/mol. The average Bonchev–Trinajstić information content (AvgIpc) is 2.36. The summed E-state index contributed by atoms with van der Waals surface area (Å²) >= 11 is 5.52. The lowest BCUT2D eigenvalue weighted by Gasteiger charge is -2.17. The predicted octanol–water partition coefficient (Wildman–Crippen LogP) is 6.04. The Morgan fingerprint density at radius 1 is 0.667 bits per heavy atom. The molecule has 0 fully saturated rings. The third-order valence-electron chi connectivity index (χ3n) is 2.81. The third kappa shape index (κ3) is 3.32. The van der Waals surface area contributed by atoms with Gasteiger partial charge in [0.05, 0.1) is 11.1 Å². The molecule has 2 rings (SSSR count). The summed E-state index contributed by atoms with van der Waals surface area (Å²) in [6.07, 6.45) is -9.56. The van der Waals surface area contributed by atoms with Crippen molar-refractivity contribution in [1.82, 2.24) is 0 Å². The molecule has 0 bridgehead atoms. The first-order chi connectivity index (χ1) is 9.60. The van der Waals surface area contributed by atoms with Gasteiger partial charge in [0.1, 0.15) is 0 Å². The molecule has 0 saturated carbocycles. The van der Waals surface area contributed by atoms with Crippen molar-refractivity contribution in [3.8, 4) is 11.1 Å². The molecule has 0 aliphatic carbocycles. The van der Waals surface area contributed by atoms with E-state index in [9.17, 15) is 26.3 Å². The molecule has 0 aliphatic rings. The molecular formula is C14H7ClF6. The minimum absolute atomic E-state index is 0.199. The van der Waals surface area contributed by atoms with Gasteiger partial charge in [-0.3, -0.25) is 0 Å². The zero-order chi connectivity index (χ0) is 15.8. The van der Waals surface area contributed by atoms with Gasteiger partial charge in [-0.2, -0.15) is 26.3 Å². The van der Waals surface area contributed by atoms with Crippen LogP contribution in [-0.2, 0) is 12.4 Å². The van der Waals surface area contributed by atoms with Crippen molar-refractivity contribution in [3.63, 3.8) is 0 Å². The standard InChI is InChI=1S/C14H7ClF6/c15-8-5-6-10(12(7-8)14(19,20)21)9-3-1-2-4-11(9)13(16,17)18/h1-7H. The van der Waals surface area contributed by atoms with Crippen molar-refractivity contribution in [2.45, 2.75) is 12.4 Å². The second kappa shape index (κ2) is 5.26. The quantitative estimate of drug-likeness (QED) is 0.561. The van der Waals surface area contributed by atoms with Crippen LogP contribution < -0.4 is 0 Å². The van der Waals surface area contributed by atoms with E-state index in [0.717, 1.165) is 30.3 Å². The maximum Gasteiger partial charge on any atom is 0.417 e. The van der Waals surface area contributed by atoms with Crippen molar-refractivity contribution < 1.29 is 26.3 Å². The van der Waals surface area contributed by atoms with Gasteiger partial charge in [0.15, 0.2) is 0 Å². The molecule has 2 aromatic carbocycles. The van der Waals surface area contributed by atoms with Gasteiger partial charge in [0.2, 0.25) is 0 Å². The van der Waals surface area contributed by atoms with E-state index in [2.05, 4.69) is 0 Å². The van der Waals surface area contributed by atoms with E-state index in [0.29, 0.717) is 6.07 Å². The molecule has 0 aromatic heterocycles. The first-order valence-corrected chi connectivity index (χ1v) is 6.02. The van der Waals surface area contributed by atoms with Crippen LogP contribution in [0.1, 0.15) is 11.1 Å². The van der Waals surface area contributed by atoms with Crippen LogP contribution in [0.4, 0.5) is 26.3 Å². The number of benzene rings is 2. The maximum atomic E-state index is 13.0. The molecule has 2 aromatic rings. The Kier molecular flexibility index (Phi) is 3.93. The van der Waals surface area contributed by atoms with Gasteiger partial charge in [-0.1, -0.05) is 35.9 Å². The molecule has 0 N–H and O–H groups in total. The van der Waals surface area contributed by atoms with E-state index in [1.165, 1.54) is 6.07 Å². The van der Waals surface area contributed by atoms with Crippen molar-refractivity contribution in [3.05, 3.63) is 58.6 Å². The summed E-state index contributed by atoms with van der Waals surface area (Å²) < 4.78 is 77.8. The van der Waals surface area contributed by atoms with Crippen LogP contribution in [0, 0.1) is 0 Å². The molecule has 21 heavy (non-hydrogen) atoms. The van der Waals surface area contributed by atoms with Crippen LogP contribution in [0.5, 0.6) is 0 Å². The molecule has 0 amide bonds. The number of alkyl halides is 6. The highest BCUT2D eigenvalue weighted by Crippen LogP contribution is 2.43. The van der Waals surface area contributed by atoms with Crippen molar-refractivity contribution in [1.29, 1.82) is 0 Å². The van der Waals surface area contributed by atoms with Gasteiger partial charge < -0.3 is 0 Å². The minimum atomic E-state index is -4.81. The molecule has 0 unspecified atom stereocenters. The Bertz CT molecular complexity index is 657. The lowest BCUT2D eigenvalue weighted by Crippen LogP contribution is -2.11. The van der Waals surface area contributed by atoms with Crippen LogP contribution in [0.15, 0.2) is 42.5 Å². The first kappa shape index (κ1) is 15.7. The van der Waals surface area contributed by atoms with E-state index in [4.69, 9.17) is 11.6 Å². The topological polar surface area (TPSA) is 0 Å². The summed E-state index contributed by atoms with van der Waals surface area (Å²) in [4.78, 5) is 0. The summed E-state index contributed by atoms with van der Waals surface area (Å²) in [5, 5.41) is -0.199. The highest BCUT2D eigenvalue weighted by Gasteiger charge is 2.38. The van der Waals surface area contributed by atoms with Gasteiger partial charge in [0.25, 0.3) is 0 Å². The molecule has 0 atom stereocenters. The van der Waals surface area contributed by atoms with Crippen molar-refractivity contribution in [2.24, 2.45) is 0 Å². The number of hydrogen-bond acceptors (Lipinski definition) is 0. The van der Waals surface area contributed by atoms with Gasteiger partial charge in [0, 0.05) is 5.02 Å². The molecule has 112 valence electrons. The zero-order valence-electron chi connectivity index (χ0n) is 10.2. The smallest absolute Gasteiger partial charge is 0.166 e. The largest absolute Gasteiger partial charge is 0.417 e. The fourth-order valence-corrected chi connectivity index (χ4v) is 2.12. The van der Waals surface area contributed by atoms with Crippen LogP contribution in [0.25, 0.3) is 11.1 Å². The molecule has 0 saturated heterocycles. The van der Waals surface area contributed by atoms with Crippen molar-refractivity contribution in [2.75, 3.05) is 0 Å². The van der Waals surface area contributed by atoms with Crippen molar-refractivity contribution >= 4 is 11.6 Å². The van der Waals surface area contributed by atoms with E-state index in [-0.39, 0.29) is 5.02 Å². The molecule has 0 aliphatic heterocycles. The molecule has 0 spiro atoms. The first-order valence-electron chi connectivity index (χ1n) is 5.64. The summed E-state index contributed by atoms with van der Waals surface area (Å²) in [6.45, 7) is 0. The number of halogens is 7. The normalized spacial score (nSPS) is 12.5. The van der Waals surface area contributed by atoms with Gasteiger partial charge in [-0.05, 0) is 29.3 Å². The van der Waals surface area contributed by atoms with Gasteiger partial charge >= 0.3 is 12.4 Å². The third-order valence-corrected chi connectivity index (χ3v) is 3.04. The summed E-state index contributed by atoms with van der Waals surface area (Å²) in [5.74, 6) is 0. The van der Waals surface area contributed by atoms with E-state index in [1.807, 2.05) is 0 Å². The molecule has 0 heterocycles. The minimum Gasteiger partial charge on any atom is -0.166 e. The highest BCUT2D eigenvalue weighted by molar-refractivity contribution is 6.30. The number of hydrogen-bond donors (Lipinski definition) is 0. The van der Waals surface area contributed by atoms with E-state index >= 15 is 0 Å². The highest BCUT2D eigenvalue weighted by atomic mass is 35.5. The lowest BCUT2D eigenvalue weighted by atomic mass is 9.95. The number of rotatable bonds is 1. The van der Waals surface area contributed by atoms with Crippen LogP contribution in [0.3, 0.4) is 0 Å². The van der Waals surface area contributed by atoms with E-state index in [1.54, 1.807) is 0 Å². The van der Waals surface area contributed by atoms with Crippen LogP contribution >= 0.6 is 11.6 Å². The van der Waals surface area contributed by atoms with Crippen LogP contribution in [-0.4, -0.2) is 0 Å². The maximum absolute atomic E-state index is 13.0. The monoisotopic (exact) mass is 324 g/mol. The van der Waals surface area contributed by atoms with Gasteiger partial charge in [-0.15, -0.1) is 0 Å². The average molecular weight is 325 g/mol. The Morgan fingerprint density at radius 2 is 1.19 bits per heavy atom. The lowest BCUT2D eigenvalue weighted by molar-refractivity contribution is -0.139. The Labute approximate surface area is 121 Å². The zero-order valence-corrected chi connectivity index (χ0v) is 10.9. The molecular weight excluding hydrogens is 318 g/mol. The Morgan fingerprint density at radius 3 is 1.76 bits per heavy atom. The van der Waals surface area contributed by atoms with Gasteiger partial charge in [-0.25, -0.2) is 0 Å².